The average molecular weight is 292 g/mol. The van der Waals surface area contributed by atoms with Crippen LogP contribution in [-0.4, -0.2) is 76.5 Å². The standard InChI is InChI=1S/C14H24N6O/c1-3-19-6-4-5-11(19)9-18(2)14(21)13-10-20(17-16-13)12-7-15-8-12/h10-12,15H,3-9H2,1-2H3. The molecule has 1 N–H and O–H groups in total. The molecule has 0 bridgehead atoms. The fraction of sp³-hybridized carbons (Fsp3) is 0.786. The van der Waals surface area contributed by atoms with Crippen molar-refractivity contribution in [2.45, 2.75) is 31.8 Å². The van der Waals surface area contributed by atoms with E-state index < -0.39 is 0 Å². The predicted octanol–water partition coefficient (Wildman–Crippen LogP) is -0.0213. The van der Waals surface area contributed by atoms with Gasteiger partial charge in [-0.15, -0.1) is 5.10 Å². The number of amides is 1. The Hall–Kier alpha value is -1.47. The minimum absolute atomic E-state index is 0.0310. The number of nitrogens with zero attached hydrogens (tertiary/aromatic N) is 5. The number of nitrogens with one attached hydrogen (secondary N) is 1. The van der Waals surface area contributed by atoms with E-state index in [4.69, 9.17) is 0 Å². The number of aromatic nitrogens is 3. The summed E-state index contributed by atoms with van der Waals surface area (Å²) in [5, 5.41) is 11.3. The third kappa shape index (κ3) is 2.94. The van der Waals surface area contributed by atoms with Gasteiger partial charge in [-0.1, -0.05) is 12.1 Å². The zero-order valence-corrected chi connectivity index (χ0v) is 12.8. The molecule has 0 aromatic carbocycles. The Bertz CT molecular complexity index is 497. The van der Waals surface area contributed by atoms with Crippen LogP contribution in [0.3, 0.4) is 0 Å². The van der Waals surface area contributed by atoms with E-state index in [0.717, 1.165) is 32.7 Å². The predicted molar refractivity (Wildman–Crippen MR) is 79.2 cm³/mol. The molecule has 0 saturated carbocycles. The number of carbonyl (C=O) groups excluding carboxylic acids is 1. The van der Waals surface area contributed by atoms with Gasteiger partial charge in [0.1, 0.15) is 0 Å². The lowest BCUT2D eigenvalue weighted by Gasteiger charge is -2.27. The van der Waals surface area contributed by atoms with E-state index in [0.29, 0.717) is 17.8 Å². The van der Waals surface area contributed by atoms with Crippen molar-refractivity contribution < 1.29 is 4.79 Å². The lowest BCUT2D eigenvalue weighted by molar-refractivity contribution is 0.0748. The molecule has 3 rings (SSSR count). The largest absolute Gasteiger partial charge is 0.339 e. The van der Waals surface area contributed by atoms with E-state index in [1.54, 1.807) is 15.8 Å². The molecule has 21 heavy (non-hydrogen) atoms. The van der Waals surface area contributed by atoms with Crippen LogP contribution in [0.25, 0.3) is 0 Å². The van der Waals surface area contributed by atoms with E-state index in [9.17, 15) is 4.79 Å². The second-order valence-corrected chi connectivity index (χ2v) is 6.01. The van der Waals surface area contributed by atoms with Crippen molar-refractivity contribution in [2.75, 3.05) is 39.8 Å². The normalized spacial score (nSPS) is 23.2. The highest BCUT2D eigenvalue weighted by molar-refractivity contribution is 5.91. The third-order valence-corrected chi connectivity index (χ3v) is 4.60. The first-order chi connectivity index (χ1) is 10.2. The minimum atomic E-state index is -0.0310. The molecular weight excluding hydrogens is 268 g/mol. The molecule has 0 radical (unpaired) electrons. The van der Waals surface area contributed by atoms with Gasteiger partial charge in [-0.25, -0.2) is 4.68 Å². The number of hydrogen-bond donors (Lipinski definition) is 1. The summed E-state index contributed by atoms with van der Waals surface area (Å²) in [4.78, 5) is 16.7. The van der Waals surface area contributed by atoms with Gasteiger partial charge in [0.15, 0.2) is 5.69 Å². The van der Waals surface area contributed by atoms with Crippen molar-refractivity contribution in [3.8, 4) is 0 Å². The van der Waals surface area contributed by atoms with Crippen LogP contribution in [0.2, 0.25) is 0 Å². The molecule has 7 heteroatoms. The van der Waals surface area contributed by atoms with Crippen LogP contribution in [0.4, 0.5) is 0 Å². The van der Waals surface area contributed by atoms with E-state index in [1.807, 2.05) is 7.05 Å². The van der Waals surface area contributed by atoms with Gasteiger partial charge in [-0.05, 0) is 25.9 Å². The van der Waals surface area contributed by atoms with Crippen molar-refractivity contribution >= 4 is 5.91 Å². The summed E-state index contributed by atoms with van der Waals surface area (Å²) in [6.07, 6.45) is 4.17. The fourth-order valence-corrected chi connectivity index (χ4v) is 3.13. The summed E-state index contributed by atoms with van der Waals surface area (Å²) in [6, 6.07) is 0.824. The second kappa shape index (κ2) is 6.11. The van der Waals surface area contributed by atoms with Crippen LogP contribution in [-0.2, 0) is 0 Å². The molecule has 0 spiro atoms. The smallest absolute Gasteiger partial charge is 0.275 e. The maximum atomic E-state index is 12.4. The zero-order chi connectivity index (χ0) is 14.8. The van der Waals surface area contributed by atoms with Crippen LogP contribution in [0, 0.1) is 0 Å². The van der Waals surface area contributed by atoms with Crippen molar-refractivity contribution in [1.82, 2.24) is 30.1 Å². The highest BCUT2D eigenvalue weighted by atomic mass is 16.2. The van der Waals surface area contributed by atoms with Gasteiger partial charge >= 0.3 is 0 Å². The summed E-state index contributed by atoms with van der Waals surface area (Å²) in [5.74, 6) is -0.0310. The van der Waals surface area contributed by atoms with Crippen molar-refractivity contribution in [3.05, 3.63) is 11.9 Å². The molecule has 0 aliphatic carbocycles. The molecule has 2 aliphatic heterocycles. The van der Waals surface area contributed by atoms with Gasteiger partial charge in [0.25, 0.3) is 5.91 Å². The molecule has 1 unspecified atom stereocenters. The Morgan fingerprint density at radius 1 is 1.52 bits per heavy atom. The lowest BCUT2D eigenvalue weighted by Crippen LogP contribution is -2.43. The zero-order valence-electron chi connectivity index (χ0n) is 12.8. The maximum absolute atomic E-state index is 12.4. The van der Waals surface area contributed by atoms with Crippen LogP contribution >= 0.6 is 0 Å². The van der Waals surface area contributed by atoms with Crippen molar-refractivity contribution in [1.29, 1.82) is 0 Å². The summed E-state index contributed by atoms with van der Waals surface area (Å²) < 4.78 is 1.80. The molecule has 3 heterocycles. The van der Waals surface area contributed by atoms with Gasteiger partial charge in [0.2, 0.25) is 0 Å². The lowest BCUT2D eigenvalue weighted by atomic mass is 10.2. The number of likely N-dealkylation sites (tertiary alicyclic amines) is 1. The first kappa shape index (κ1) is 14.5. The van der Waals surface area contributed by atoms with Crippen LogP contribution < -0.4 is 5.32 Å². The Labute approximate surface area is 125 Å². The molecule has 2 saturated heterocycles. The number of hydrogen-bond acceptors (Lipinski definition) is 5. The quantitative estimate of drug-likeness (QED) is 0.826. The summed E-state index contributed by atoms with van der Waals surface area (Å²) in [5.41, 5.74) is 0.449. The number of rotatable bonds is 5. The molecule has 1 aromatic rings. The van der Waals surface area contributed by atoms with E-state index in [-0.39, 0.29) is 5.91 Å². The average Bonchev–Trinajstić information content (AvgIpc) is 3.05. The van der Waals surface area contributed by atoms with Gasteiger partial charge in [-0.2, -0.15) is 0 Å². The van der Waals surface area contributed by atoms with Gasteiger partial charge < -0.3 is 10.2 Å². The van der Waals surface area contributed by atoms with Crippen molar-refractivity contribution in [2.24, 2.45) is 0 Å². The summed E-state index contributed by atoms with van der Waals surface area (Å²) in [7, 11) is 1.86. The second-order valence-electron chi connectivity index (χ2n) is 6.01. The van der Waals surface area contributed by atoms with Gasteiger partial charge in [-0.3, -0.25) is 9.69 Å². The van der Waals surface area contributed by atoms with Crippen LogP contribution in [0.5, 0.6) is 0 Å². The first-order valence-electron chi connectivity index (χ1n) is 7.81. The molecule has 1 amide bonds. The Kier molecular flexibility index (Phi) is 4.21. The Morgan fingerprint density at radius 3 is 3.00 bits per heavy atom. The minimum Gasteiger partial charge on any atom is -0.339 e. The van der Waals surface area contributed by atoms with Gasteiger partial charge in [0, 0.05) is 32.7 Å². The topological polar surface area (TPSA) is 66.3 Å². The molecule has 1 atom stereocenters. The van der Waals surface area contributed by atoms with E-state index in [1.165, 1.54) is 12.8 Å². The van der Waals surface area contributed by atoms with Crippen molar-refractivity contribution in [3.63, 3.8) is 0 Å². The maximum Gasteiger partial charge on any atom is 0.275 e. The molecule has 7 nitrogen and oxygen atoms in total. The van der Waals surface area contributed by atoms with E-state index in [2.05, 4.69) is 27.5 Å². The van der Waals surface area contributed by atoms with E-state index >= 15 is 0 Å². The monoisotopic (exact) mass is 292 g/mol. The third-order valence-electron chi connectivity index (χ3n) is 4.60. The highest BCUT2D eigenvalue weighted by Crippen LogP contribution is 2.18. The van der Waals surface area contributed by atoms with Crippen LogP contribution in [0.15, 0.2) is 6.20 Å². The van der Waals surface area contributed by atoms with Crippen LogP contribution in [0.1, 0.15) is 36.3 Å². The Morgan fingerprint density at radius 2 is 2.33 bits per heavy atom. The molecule has 116 valence electrons. The number of carbonyl (C=O) groups is 1. The molecule has 2 aliphatic rings. The molecular formula is C14H24N6O. The SMILES string of the molecule is CCN1CCCC1CN(C)C(=O)c1cn(C2CNC2)nn1. The highest BCUT2D eigenvalue weighted by Gasteiger charge is 2.27. The number of likely N-dealkylation sites (N-methyl/N-ethyl adjacent to an activating group) is 2. The molecule has 1 aromatic heterocycles. The summed E-state index contributed by atoms with van der Waals surface area (Å²) >= 11 is 0. The van der Waals surface area contributed by atoms with Gasteiger partial charge in [0.05, 0.1) is 12.2 Å². The first-order valence-corrected chi connectivity index (χ1v) is 7.81. The summed E-state index contributed by atoms with van der Waals surface area (Å²) in [6.45, 7) is 6.95. The Balaban J connectivity index is 1.59. The molecule has 2 fully saturated rings. The fourth-order valence-electron chi connectivity index (χ4n) is 3.13.